The number of carbonyl (C=O) groups excluding carboxylic acids is 5. The normalized spacial score (nSPS) is 17.6. The summed E-state index contributed by atoms with van der Waals surface area (Å²) >= 11 is 0. The predicted molar refractivity (Wildman–Crippen MR) is 250 cm³/mol. The van der Waals surface area contributed by atoms with Crippen molar-refractivity contribution in [3.8, 4) is 11.4 Å². The van der Waals surface area contributed by atoms with Crippen LogP contribution in [-0.4, -0.2) is 133 Å². The third-order valence-electron chi connectivity index (χ3n) is 12.8. The summed E-state index contributed by atoms with van der Waals surface area (Å²) in [5.41, 5.74) is 4.58. The molecule has 1 aliphatic carbocycles. The van der Waals surface area contributed by atoms with Crippen LogP contribution in [0.1, 0.15) is 108 Å². The highest BCUT2D eigenvalue weighted by Crippen LogP contribution is 2.46. The molecular weight excluding hydrogens is 889 g/mol. The number of carbonyl (C=O) groups is 5. The summed E-state index contributed by atoms with van der Waals surface area (Å²) in [7, 11) is 1.58. The van der Waals surface area contributed by atoms with Crippen LogP contribution >= 0.6 is 0 Å². The van der Waals surface area contributed by atoms with Crippen molar-refractivity contribution in [2.24, 2.45) is 0 Å². The lowest BCUT2D eigenvalue weighted by Crippen LogP contribution is -2.52. The Bertz CT molecular complexity index is 2570. The van der Waals surface area contributed by atoms with E-state index >= 15 is 0 Å². The van der Waals surface area contributed by atoms with E-state index in [0.29, 0.717) is 105 Å². The van der Waals surface area contributed by atoms with Gasteiger partial charge in [-0.3, -0.25) is 33.9 Å². The van der Waals surface area contributed by atoms with E-state index in [9.17, 15) is 24.0 Å². The summed E-state index contributed by atoms with van der Waals surface area (Å²) < 4.78 is 30.0. The van der Waals surface area contributed by atoms with E-state index in [1.807, 2.05) is 16.8 Å². The number of fused-ring (bicyclic) bond motifs is 4. The number of methoxy groups -OCH3 is 1. The first-order valence-electron chi connectivity index (χ1n) is 23.6. The van der Waals surface area contributed by atoms with Gasteiger partial charge < -0.3 is 49.0 Å². The maximum atomic E-state index is 13.0. The van der Waals surface area contributed by atoms with Crippen molar-refractivity contribution >= 4 is 46.9 Å². The number of nitrogens with one attached hydrogen (secondary N) is 3. The maximum absolute atomic E-state index is 13.0. The van der Waals surface area contributed by atoms with Crippen LogP contribution in [-0.2, 0) is 46.3 Å². The number of imide groups is 1. The minimum atomic E-state index is -0.735. The highest BCUT2D eigenvalue weighted by atomic mass is 16.6. The molecule has 20 heteroatoms. The van der Waals surface area contributed by atoms with Crippen molar-refractivity contribution in [1.29, 1.82) is 0 Å². The van der Waals surface area contributed by atoms with E-state index in [0.717, 1.165) is 54.9 Å². The fraction of sp³-hybridized carbons (Fsp3) is 0.490. The second-order valence-corrected chi connectivity index (χ2v) is 17.1. The Balaban J connectivity index is 0.680. The minimum Gasteiger partial charge on any atom is -0.496 e. The van der Waals surface area contributed by atoms with Crippen molar-refractivity contribution < 1.29 is 47.7 Å². The molecule has 8 rings (SSSR count). The van der Waals surface area contributed by atoms with Gasteiger partial charge in [-0.25, -0.2) is 9.97 Å². The maximum Gasteiger partial charge on any atom is 0.293 e. The molecule has 1 saturated carbocycles. The second kappa shape index (κ2) is 23.0. The Kier molecular flexibility index (Phi) is 16.2. The second-order valence-electron chi connectivity index (χ2n) is 17.1. The van der Waals surface area contributed by atoms with Gasteiger partial charge in [0.05, 0.1) is 84.3 Å². The topological polar surface area (TPSA) is 222 Å². The van der Waals surface area contributed by atoms with E-state index in [1.165, 1.54) is 4.90 Å². The van der Waals surface area contributed by atoms with Gasteiger partial charge >= 0.3 is 0 Å². The quantitative estimate of drug-likeness (QED) is 0.0525. The van der Waals surface area contributed by atoms with Crippen LogP contribution < -0.4 is 25.6 Å². The Morgan fingerprint density at radius 2 is 1.67 bits per heavy atom. The first kappa shape index (κ1) is 48.7. The third-order valence-corrected chi connectivity index (χ3v) is 12.8. The van der Waals surface area contributed by atoms with Gasteiger partial charge in [-0.15, -0.1) is 4.98 Å². The molecule has 4 aromatic rings. The zero-order valence-electron chi connectivity index (χ0n) is 39.0. The van der Waals surface area contributed by atoms with Gasteiger partial charge in [0.1, 0.15) is 23.3 Å². The van der Waals surface area contributed by atoms with Gasteiger partial charge in [-0.05, 0) is 49.9 Å². The molecule has 3 N–H and O–H groups in total. The molecule has 4 aliphatic rings. The number of rotatable bonds is 23. The fourth-order valence-electron chi connectivity index (χ4n) is 9.45. The van der Waals surface area contributed by atoms with E-state index in [2.05, 4.69) is 37.6 Å². The number of piperidine rings is 1. The average molecular weight is 947 g/mol. The summed E-state index contributed by atoms with van der Waals surface area (Å²) in [6, 6.07) is 9.99. The molecule has 2 atom stereocenters. The van der Waals surface area contributed by atoms with E-state index in [1.54, 1.807) is 43.8 Å². The average Bonchev–Trinajstić information content (AvgIpc) is 4.12. The molecule has 364 valence electrons. The Labute approximate surface area is 400 Å². The Morgan fingerprint density at radius 1 is 0.928 bits per heavy atom. The monoisotopic (exact) mass is 946 g/mol. The summed E-state index contributed by atoms with van der Waals surface area (Å²) in [6.07, 6.45) is 9.74. The molecule has 2 aromatic carbocycles. The fourth-order valence-corrected chi connectivity index (χ4v) is 9.45. The van der Waals surface area contributed by atoms with Crippen molar-refractivity contribution in [3.63, 3.8) is 0 Å². The standard InChI is InChI=1S/C49H58N10O10/c1-4-37-44-45(50-2)53-30-58(44)39-28-52-41(55-46(39)59(37)33-8-5-6-9-33)27-31-12-13-32(26-40(31)65-3)47(62)51-17-19-67-21-23-69-25-24-68-22-20-66-18-16-43(61)54-36-11-7-10-34-35(36)29-57(49(34)64)38-14-15-42(60)56-48(38)63/h7,10-13,26,28,30,33,37-38H,4-6,8-9,14-25,27,29H2,1,3H3,(H,51,62)(H,54,61)(H,56,60,63)/t37-,38?/m1/s1. The van der Waals surface area contributed by atoms with Crippen LogP contribution in [0.5, 0.6) is 5.75 Å². The van der Waals surface area contributed by atoms with Gasteiger partial charge in [0.2, 0.25) is 17.7 Å². The first-order chi connectivity index (χ1) is 33.7. The van der Waals surface area contributed by atoms with Crippen molar-refractivity contribution in [2.75, 3.05) is 76.7 Å². The number of aromatic nitrogens is 4. The van der Waals surface area contributed by atoms with Crippen LogP contribution in [0, 0.1) is 6.57 Å². The number of ether oxygens (including phenoxy) is 5. The number of benzene rings is 2. The number of imidazole rings is 1. The lowest BCUT2D eigenvalue weighted by Gasteiger charge is -2.42. The molecule has 1 unspecified atom stereocenters. The predicted octanol–water partition coefficient (Wildman–Crippen LogP) is 4.61. The van der Waals surface area contributed by atoms with Gasteiger partial charge in [0.15, 0.2) is 12.1 Å². The minimum absolute atomic E-state index is 0.0125. The van der Waals surface area contributed by atoms with Crippen LogP contribution in [0.4, 0.5) is 17.3 Å². The highest BCUT2D eigenvalue weighted by Gasteiger charge is 2.41. The summed E-state index contributed by atoms with van der Waals surface area (Å²) in [4.78, 5) is 84.6. The van der Waals surface area contributed by atoms with Crippen molar-refractivity contribution in [3.05, 3.63) is 94.1 Å². The molecule has 5 heterocycles. The van der Waals surface area contributed by atoms with Crippen molar-refractivity contribution in [1.82, 2.24) is 35.1 Å². The molecule has 5 amide bonds. The molecule has 20 nitrogen and oxygen atoms in total. The zero-order valence-corrected chi connectivity index (χ0v) is 39.0. The number of hydrogen-bond donors (Lipinski definition) is 3. The Hall–Kier alpha value is -6.79. The molecule has 1 saturated heterocycles. The molecule has 2 fully saturated rings. The first-order valence-corrected chi connectivity index (χ1v) is 23.6. The molecule has 69 heavy (non-hydrogen) atoms. The van der Waals surface area contributed by atoms with Gasteiger partial charge in [-0.1, -0.05) is 38.5 Å². The van der Waals surface area contributed by atoms with E-state index in [4.69, 9.17) is 40.2 Å². The van der Waals surface area contributed by atoms with E-state index in [-0.39, 0.29) is 62.1 Å². The smallest absolute Gasteiger partial charge is 0.293 e. The van der Waals surface area contributed by atoms with Crippen LogP contribution in [0.15, 0.2) is 48.9 Å². The molecule has 0 spiro atoms. The number of hydrogen-bond acceptors (Lipinski definition) is 14. The summed E-state index contributed by atoms with van der Waals surface area (Å²) in [5.74, 6) is 0.790. The van der Waals surface area contributed by atoms with Crippen molar-refractivity contribution in [2.45, 2.75) is 89.4 Å². The van der Waals surface area contributed by atoms with Crippen LogP contribution in [0.2, 0.25) is 0 Å². The molecule has 0 radical (unpaired) electrons. The van der Waals surface area contributed by atoms with Gasteiger partial charge in [0, 0.05) is 59.9 Å². The summed E-state index contributed by atoms with van der Waals surface area (Å²) in [6.45, 7) is 12.9. The number of amides is 5. The van der Waals surface area contributed by atoms with Crippen LogP contribution in [0.3, 0.4) is 0 Å². The van der Waals surface area contributed by atoms with Gasteiger partial charge in [-0.2, -0.15) is 0 Å². The molecule has 0 bridgehead atoms. The lowest BCUT2D eigenvalue weighted by atomic mass is 10.0. The zero-order chi connectivity index (χ0) is 48.3. The Morgan fingerprint density at radius 3 is 2.38 bits per heavy atom. The third kappa shape index (κ3) is 11.2. The number of anilines is 2. The summed E-state index contributed by atoms with van der Waals surface area (Å²) in [5, 5.41) is 8.03. The molecular formula is C49H58N10O10. The van der Waals surface area contributed by atoms with E-state index < -0.39 is 11.9 Å². The number of nitrogens with zero attached hydrogens (tertiary/aromatic N) is 7. The van der Waals surface area contributed by atoms with Crippen LogP contribution in [0.25, 0.3) is 10.5 Å². The highest BCUT2D eigenvalue weighted by molar-refractivity contribution is 6.06. The molecule has 2 aromatic heterocycles. The molecule has 3 aliphatic heterocycles. The SMILES string of the molecule is [C-]#[N+]c1ncn2c1[C@@H](CC)N(C1CCCC1)c1nc(Cc3ccc(C(=O)NCCOCCOCCOCCOCCC(=O)Nc4cccc5c4CN(C4CCC(=O)NC4=O)C5=O)cc3OC)ncc1-2. The van der Waals surface area contributed by atoms with Gasteiger partial charge in [0.25, 0.3) is 17.6 Å². The lowest BCUT2D eigenvalue weighted by molar-refractivity contribution is -0.137. The largest absolute Gasteiger partial charge is 0.496 e.